The molecule has 0 saturated carbocycles. The first kappa shape index (κ1) is 28.8. The summed E-state index contributed by atoms with van der Waals surface area (Å²) in [5, 5.41) is 0. The Morgan fingerprint density at radius 2 is 0.914 bits per heavy atom. The molecule has 0 saturated heterocycles. The number of hydrogen-bond donors (Lipinski definition) is 0. The molecule has 0 heterocycles. The van der Waals surface area contributed by atoms with Crippen molar-refractivity contribution in [1.29, 1.82) is 0 Å². The van der Waals surface area contributed by atoms with Crippen molar-refractivity contribution in [3.05, 3.63) is 70.8 Å². The van der Waals surface area contributed by atoms with E-state index in [0.29, 0.717) is 26.3 Å². The van der Waals surface area contributed by atoms with Gasteiger partial charge in [-0.1, -0.05) is 76.2 Å². The minimum absolute atomic E-state index is 0. The van der Waals surface area contributed by atoms with E-state index in [4.69, 9.17) is 9.47 Å². The van der Waals surface area contributed by atoms with Crippen molar-refractivity contribution < 1.29 is 19.1 Å². The van der Waals surface area contributed by atoms with E-state index < -0.39 is 11.8 Å². The second kappa shape index (κ2) is 14.2. The maximum atomic E-state index is 13.3. The van der Waals surface area contributed by atoms with E-state index in [9.17, 15) is 9.59 Å². The quantitative estimate of drug-likeness (QED) is 0.399. The van der Waals surface area contributed by atoms with Crippen LogP contribution in [0, 0.1) is 0 Å². The van der Waals surface area contributed by atoms with Gasteiger partial charge in [0, 0.05) is 13.1 Å². The number of benzene rings is 2. The zero-order chi connectivity index (χ0) is 24.5. The van der Waals surface area contributed by atoms with E-state index in [-0.39, 0.29) is 24.3 Å². The molecule has 0 aromatic heterocycles. The van der Waals surface area contributed by atoms with Crippen molar-refractivity contribution in [3.63, 3.8) is 0 Å². The number of fused-ring (bicyclic) bond motifs is 2. The smallest absolute Gasteiger partial charge is 0.317 e. The van der Waals surface area contributed by atoms with Gasteiger partial charge in [-0.15, -0.1) is 12.4 Å². The van der Waals surface area contributed by atoms with Crippen LogP contribution in [-0.2, 0) is 19.1 Å². The first-order valence-electron chi connectivity index (χ1n) is 12.5. The number of hydrogen-bond acceptors (Lipinski definition) is 6. The largest absolute Gasteiger partial charge is 0.464 e. The lowest BCUT2D eigenvalue weighted by Gasteiger charge is -2.32. The van der Waals surface area contributed by atoms with Gasteiger partial charge in [-0.3, -0.25) is 9.59 Å². The lowest BCUT2D eigenvalue weighted by atomic mass is 9.72. The van der Waals surface area contributed by atoms with Gasteiger partial charge in [-0.25, -0.2) is 0 Å². The Bertz CT molecular complexity index is 836. The summed E-state index contributed by atoms with van der Waals surface area (Å²) in [4.78, 5) is 31.1. The minimum Gasteiger partial charge on any atom is -0.464 e. The number of nitrogens with zero attached hydrogens (tertiary/aromatic N) is 2. The molecule has 2 aromatic rings. The lowest BCUT2D eigenvalue weighted by molar-refractivity contribution is -0.147. The molecule has 0 aliphatic heterocycles. The van der Waals surface area contributed by atoms with Crippen molar-refractivity contribution >= 4 is 24.3 Å². The van der Waals surface area contributed by atoms with Gasteiger partial charge in [0.2, 0.25) is 0 Å². The molecular weight excluding hydrogens is 464 g/mol. The van der Waals surface area contributed by atoms with E-state index in [0.717, 1.165) is 48.4 Å². The highest BCUT2D eigenvalue weighted by atomic mass is 35.5. The fourth-order valence-electron chi connectivity index (χ4n) is 4.71. The van der Waals surface area contributed by atoms with E-state index in [1.165, 1.54) is 0 Å². The SMILES string of the molecule is CCN(CC)CCOC(=O)C1c2ccccc2C(C(=O)OCCN(CC)CC)c2ccccc21.Cl. The van der Waals surface area contributed by atoms with Gasteiger partial charge in [0.1, 0.15) is 25.0 Å². The molecule has 0 atom stereocenters. The Kier molecular flexibility index (Phi) is 11.7. The van der Waals surface area contributed by atoms with Crippen LogP contribution in [0.15, 0.2) is 48.5 Å². The standard InChI is InChI=1S/C28H38N2O4.ClH/c1-5-29(6-2)17-19-33-27(31)25-21-13-9-11-15-23(21)26(24-16-12-10-14-22(24)25)28(32)34-20-18-30(7-3)8-4;/h9-16,25-26H,5-8,17-20H2,1-4H3;1H. The Labute approximate surface area is 216 Å². The fraction of sp³-hybridized carbons (Fsp3) is 0.500. The van der Waals surface area contributed by atoms with Crippen LogP contribution in [0.2, 0.25) is 0 Å². The number of esters is 2. The van der Waals surface area contributed by atoms with Crippen molar-refractivity contribution in [2.45, 2.75) is 39.5 Å². The average Bonchev–Trinajstić information content (AvgIpc) is 2.87. The summed E-state index contributed by atoms with van der Waals surface area (Å²) in [7, 11) is 0. The first-order chi connectivity index (χ1) is 16.5. The van der Waals surface area contributed by atoms with Crippen LogP contribution in [-0.4, -0.2) is 74.2 Å². The maximum Gasteiger partial charge on any atom is 0.317 e. The van der Waals surface area contributed by atoms with Gasteiger partial charge in [0.05, 0.1) is 0 Å². The predicted octanol–water partition coefficient (Wildman–Crippen LogP) is 4.46. The molecule has 1 aliphatic rings. The molecule has 2 aromatic carbocycles. The fourth-order valence-corrected chi connectivity index (χ4v) is 4.71. The van der Waals surface area contributed by atoms with Crippen LogP contribution in [0.3, 0.4) is 0 Å². The monoisotopic (exact) mass is 502 g/mol. The highest BCUT2D eigenvalue weighted by Crippen LogP contribution is 2.44. The molecule has 192 valence electrons. The molecule has 3 rings (SSSR count). The summed E-state index contributed by atoms with van der Waals surface area (Å²) < 4.78 is 11.5. The molecule has 0 radical (unpaired) electrons. The third-order valence-electron chi connectivity index (χ3n) is 6.80. The van der Waals surface area contributed by atoms with Crippen LogP contribution in [0.1, 0.15) is 61.8 Å². The van der Waals surface area contributed by atoms with Crippen LogP contribution in [0.5, 0.6) is 0 Å². The molecule has 0 spiro atoms. The van der Waals surface area contributed by atoms with Gasteiger partial charge < -0.3 is 19.3 Å². The van der Waals surface area contributed by atoms with Crippen LogP contribution >= 0.6 is 12.4 Å². The van der Waals surface area contributed by atoms with Crippen molar-refractivity contribution in [2.75, 3.05) is 52.5 Å². The van der Waals surface area contributed by atoms with Crippen molar-refractivity contribution in [3.8, 4) is 0 Å². The normalized spacial score (nSPS) is 16.3. The van der Waals surface area contributed by atoms with Gasteiger partial charge in [-0.2, -0.15) is 0 Å². The van der Waals surface area contributed by atoms with Gasteiger partial charge >= 0.3 is 11.9 Å². The number of rotatable bonds is 12. The summed E-state index contributed by atoms with van der Waals surface area (Å²) in [5.41, 5.74) is 3.28. The van der Waals surface area contributed by atoms with Gasteiger partial charge in [0.25, 0.3) is 0 Å². The van der Waals surface area contributed by atoms with Gasteiger partial charge in [-0.05, 0) is 48.4 Å². The summed E-state index contributed by atoms with van der Waals surface area (Å²) >= 11 is 0. The summed E-state index contributed by atoms with van der Waals surface area (Å²) in [6.45, 7) is 14.2. The highest BCUT2D eigenvalue weighted by molar-refractivity contribution is 5.91. The topological polar surface area (TPSA) is 59.1 Å². The lowest BCUT2D eigenvalue weighted by Crippen LogP contribution is -2.33. The molecule has 0 fully saturated rings. The highest BCUT2D eigenvalue weighted by Gasteiger charge is 2.40. The molecular formula is C28H39ClN2O4. The molecule has 35 heavy (non-hydrogen) atoms. The first-order valence-corrected chi connectivity index (χ1v) is 12.5. The Balaban J connectivity index is 0.00000432. The predicted molar refractivity (Wildman–Crippen MR) is 141 cm³/mol. The Morgan fingerprint density at radius 1 is 0.629 bits per heavy atom. The number of halogens is 1. The van der Waals surface area contributed by atoms with E-state index in [2.05, 4.69) is 37.5 Å². The second-order valence-corrected chi connectivity index (χ2v) is 8.51. The third kappa shape index (κ3) is 6.84. The molecule has 7 heteroatoms. The molecule has 1 aliphatic carbocycles. The van der Waals surface area contributed by atoms with E-state index >= 15 is 0 Å². The Morgan fingerprint density at radius 3 is 1.17 bits per heavy atom. The van der Waals surface area contributed by atoms with Crippen molar-refractivity contribution in [2.24, 2.45) is 0 Å². The Hall–Kier alpha value is -2.41. The number of likely N-dealkylation sites (N-methyl/N-ethyl adjacent to an activating group) is 2. The molecule has 0 N–H and O–H groups in total. The molecule has 6 nitrogen and oxygen atoms in total. The molecule has 0 amide bonds. The average molecular weight is 503 g/mol. The maximum absolute atomic E-state index is 13.3. The summed E-state index contributed by atoms with van der Waals surface area (Å²) in [6.07, 6.45) is 0. The van der Waals surface area contributed by atoms with Crippen molar-refractivity contribution in [1.82, 2.24) is 9.80 Å². The van der Waals surface area contributed by atoms with E-state index in [1.807, 2.05) is 48.5 Å². The number of carbonyl (C=O) groups is 2. The number of ether oxygens (including phenoxy) is 2. The minimum atomic E-state index is -0.552. The zero-order valence-electron chi connectivity index (χ0n) is 21.4. The number of carbonyl (C=O) groups excluding carboxylic acids is 2. The zero-order valence-corrected chi connectivity index (χ0v) is 22.2. The summed E-state index contributed by atoms with van der Waals surface area (Å²) in [6, 6.07) is 15.3. The molecule has 0 unspecified atom stereocenters. The van der Waals surface area contributed by atoms with E-state index in [1.54, 1.807) is 0 Å². The van der Waals surface area contributed by atoms with Crippen LogP contribution in [0.4, 0.5) is 0 Å². The van der Waals surface area contributed by atoms with Gasteiger partial charge in [0.15, 0.2) is 0 Å². The molecule has 0 bridgehead atoms. The second-order valence-electron chi connectivity index (χ2n) is 8.51. The third-order valence-corrected chi connectivity index (χ3v) is 6.80. The van der Waals surface area contributed by atoms with Crippen LogP contribution < -0.4 is 0 Å². The summed E-state index contributed by atoms with van der Waals surface area (Å²) in [5.74, 6) is -1.66. The van der Waals surface area contributed by atoms with Crippen LogP contribution in [0.25, 0.3) is 0 Å².